The van der Waals surface area contributed by atoms with Crippen LogP contribution in [0.2, 0.25) is 0 Å². The number of aliphatic hydroxyl groups excluding tert-OH is 1. The fourth-order valence-electron chi connectivity index (χ4n) is 5.86. The van der Waals surface area contributed by atoms with Gasteiger partial charge >= 0.3 is 0 Å². The Bertz CT molecular complexity index is 1100. The van der Waals surface area contributed by atoms with Gasteiger partial charge in [0, 0.05) is 12.7 Å². The van der Waals surface area contributed by atoms with Crippen LogP contribution in [0.3, 0.4) is 0 Å². The molecule has 0 amide bonds. The normalized spacial score (nSPS) is 40.8. The maximum Gasteiger partial charge on any atom is 0.187 e. The lowest BCUT2D eigenvalue weighted by Gasteiger charge is -2.49. The van der Waals surface area contributed by atoms with Crippen molar-refractivity contribution in [3.05, 3.63) is 71.8 Å². The third-order valence-electron chi connectivity index (χ3n) is 7.75. The van der Waals surface area contributed by atoms with Crippen LogP contribution in [0, 0.1) is 0 Å². The van der Waals surface area contributed by atoms with Crippen LogP contribution in [-0.4, -0.2) is 86.0 Å². The second-order valence-corrected chi connectivity index (χ2v) is 11.1. The van der Waals surface area contributed by atoms with Crippen LogP contribution in [0.25, 0.3) is 0 Å². The Kier molecular flexibility index (Phi) is 8.26. The zero-order chi connectivity index (χ0) is 27.9. The van der Waals surface area contributed by atoms with Crippen LogP contribution in [0.5, 0.6) is 0 Å². The van der Waals surface area contributed by atoms with Crippen molar-refractivity contribution in [1.82, 2.24) is 0 Å². The molecule has 4 aliphatic heterocycles. The summed E-state index contributed by atoms with van der Waals surface area (Å²) in [5, 5.41) is 11.6. The Labute approximate surface area is 234 Å². The third kappa shape index (κ3) is 5.71. The van der Waals surface area contributed by atoms with E-state index in [4.69, 9.17) is 42.6 Å². The summed E-state index contributed by atoms with van der Waals surface area (Å²) in [6.45, 7) is 6.07. The summed E-state index contributed by atoms with van der Waals surface area (Å²) in [6.07, 6.45) is -7.35. The molecule has 10 nitrogen and oxygen atoms in total. The van der Waals surface area contributed by atoms with E-state index in [1.807, 2.05) is 81.4 Å². The molecule has 0 saturated carbocycles. The quantitative estimate of drug-likeness (QED) is 0.545. The molecule has 218 valence electrons. The smallest absolute Gasteiger partial charge is 0.187 e. The van der Waals surface area contributed by atoms with Crippen LogP contribution < -0.4 is 0 Å². The summed E-state index contributed by atoms with van der Waals surface area (Å²) in [6, 6.07) is 19.5. The molecule has 4 fully saturated rings. The molecule has 2 aromatic rings. The van der Waals surface area contributed by atoms with Crippen molar-refractivity contribution in [2.45, 2.75) is 101 Å². The summed E-state index contributed by atoms with van der Waals surface area (Å²) in [7, 11) is 1.57. The summed E-state index contributed by atoms with van der Waals surface area (Å²) < 4.78 is 55.4. The summed E-state index contributed by atoms with van der Waals surface area (Å²) in [4.78, 5) is 0. The molecule has 6 rings (SSSR count). The lowest BCUT2D eigenvalue weighted by atomic mass is 9.96. The van der Waals surface area contributed by atoms with Gasteiger partial charge in [0.2, 0.25) is 0 Å². The summed E-state index contributed by atoms with van der Waals surface area (Å²) in [5.41, 5.74) is 1.85. The minimum absolute atomic E-state index is 0.239. The molecule has 4 heterocycles. The van der Waals surface area contributed by atoms with Gasteiger partial charge in [-0.3, -0.25) is 0 Å². The van der Waals surface area contributed by atoms with Crippen LogP contribution in [0.4, 0.5) is 0 Å². The first kappa shape index (κ1) is 28.2. The average molecular weight is 559 g/mol. The molecule has 4 aliphatic rings. The number of ether oxygens (including phenoxy) is 9. The number of hydrogen-bond acceptors (Lipinski definition) is 10. The van der Waals surface area contributed by atoms with Gasteiger partial charge in [0.25, 0.3) is 0 Å². The Balaban J connectivity index is 1.22. The first-order valence-electron chi connectivity index (χ1n) is 13.8. The molecule has 0 spiro atoms. The van der Waals surface area contributed by atoms with E-state index in [1.165, 1.54) is 0 Å². The lowest BCUT2D eigenvalue weighted by molar-refractivity contribution is -0.383. The predicted octanol–water partition coefficient (Wildman–Crippen LogP) is 3.07. The number of fused-ring (bicyclic) bond motifs is 2. The molecule has 1 N–H and O–H groups in total. The molecule has 40 heavy (non-hydrogen) atoms. The van der Waals surface area contributed by atoms with Crippen molar-refractivity contribution in [2.75, 3.05) is 13.7 Å². The van der Waals surface area contributed by atoms with Crippen molar-refractivity contribution in [3.63, 3.8) is 0 Å². The maximum atomic E-state index is 11.6. The standard InChI is InChI=1S/C30H38O10/c1-17-22(25-26(29(32-4)35-17)40-30(2,3)39-25)37-28-21(31)24(33-15-18-11-7-5-8-12-18)23-20(36-28)16-34-27(38-23)19-13-9-6-10-14-19/h5-14,17,20-29,31H,15-16H2,1-4H3/t17-,20+,21-,22-,23+,24+,25+,26+,27?,28-,29+/m0/s1. The first-order chi connectivity index (χ1) is 19.3. The molecule has 1 unspecified atom stereocenters. The molecule has 2 aromatic carbocycles. The highest BCUT2D eigenvalue weighted by atomic mass is 16.8. The van der Waals surface area contributed by atoms with Gasteiger partial charge in [0.05, 0.1) is 19.3 Å². The van der Waals surface area contributed by atoms with E-state index >= 15 is 0 Å². The number of rotatable bonds is 7. The average Bonchev–Trinajstić information content (AvgIpc) is 3.30. The van der Waals surface area contributed by atoms with Gasteiger partial charge in [-0.2, -0.15) is 0 Å². The Morgan fingerprint density at radius 2 is 1.55 bits per heavy atom. The molecular weight excluding hydrogens is 520 g/mol. The van der Waals surface area contributed by atoms with Gasteiger partial charge in [-0.1, -0.05) is 60.7 Å². The van der Waals surface area contributed by atoms with Crippen molar-refractivity contribution in [1.29, 1.82) is 0 Å². The van der Waals surface area contributed by atoms with Gasteiger partial charge in [-0.05, 0) is 26.3 Å². The van der Waals surface area contributed by atoms with Crippen LogP contribution in [0.1, 0.15) is 38.2 Å². The second kappa shape index (κ2) is 11.7. The summed E-state index contributed by atoms with van der Waals surface area (Å²) >= 11 is 0. The third-order valence-corrected chi connectivity index (χ3v) is 7.75. The SMILES string of the molecule is CO[C@@H]1O[C@@H](C)[C@H](O[C@@H]2O[C@@H]3COC(c4ccccc4)O[C@H]3[C@H](OCc3ccccc3)[C@@H]2O)[C@H]2OC(C)(C)O[C@@H]12. The first-order valence-corrected chi connectivity index (χ1v) is 13.8. The highest BCUT2D eigenvalue weighted by Crippen LogP contribution is 2.41. The van der Waals surface area contributed by atoms with E-state index in [1.54, 1.807) is 7.11 Å². The lowest BCUT2D eigenvalue weighted by Crippen LogP contribution is -2.65. The zero-order valence-corrected chi connectivity index (χ0v) is 23.2. The molecule has 10 heteroatoms. The van der Waals surface area contributed by atoms with E-state index in [9.17, 15) is 5.11 Å². The number of methoxy groups -OCH3 is 1. The molecule has 0 aromatic heterocycles. The van der Waals surface area contributed by atoms with E-state index < -0.39 is 73.5 Å². The Hall–Kier alpha value is -1.96. The van der Waals surface area contributed by atoms with Gasteiger partial charge < -0.3 is 47.7 Å². The van der Waals surface area contributed by atoms with E-state index in [0.717, 1.165) is 11.1 Å². The molecule has 0 aliphatic carbocycles. The Morgan fingerprint density at radius 1 is 0.850 bits per heavy atom. The largest absolute Gasteiger partial charge is 0.385 e. The van der Waals surface area contributed by atoms with Crippen LogP contribution >= 0.6 is 0 Å². The zero-order valence-electron chi connectivity index (χ0n) is 23.2. The number of benzene rings is 2. The predicted molar refractivity (Wildman–Crippen MR) is 140 cm³/mol. The van der Waals surface area contributed by atoms with Gasteiger partial charge in [0.15, 0.2) is 24.7 Å². The Morgan fingerprint density at radius 3 is 2.27 bits per heavy atom. The monoisotopic (exact) mass is 558 g/mol. The van der Waals surface area contributed by atoms with Crippen molar-refractivity contribution in [3.8, 4) is 0 Å². The highest BCUT2D eigenvalue weighted by Gasteiger charge is 2.58. The van der Waals surface area contributed by atoms with E-state index in [-0.39, 0.29) is 13.2 Å². The summed E-state index contributed by atoms with van der Waals surface area (Å²) in [5.74, 6) is -0.850. The van der Waals surface area contributed by atoms with Crippen molar-refractivity contribution >= 4 is 0 Å². The number of hydrogen-bond donors (Lipinski definition) is 1. The van der Waals surface area contributed by atoms with E-state index in [2.05, 4.69) is 0 Å². The highest BCUT2D eigenvalue weighted by molar-refractivity contribution is 5.17. The minimum Gasteiger partial charge on any atom is -0.385 e. The van der Waals surface area contributed by atoms with Crippen molar-refractivity contribution < 1.29 is 47.7 Å². The van der Waals surface area contributed by atoms with Gasteiger partial charge in [-0.15, -0.1) is 0 Å². The molecule has 4 saturated heterocycles. The molecule has 11 atom stereocenters. The second-order valence-electron chi connectivity index (χ2n) is 11.1. The minimum atomic E-state index is -1.17. The fraction of sp³-hybridized carbons (Fsp3) is 0.600. The van der Waals surface area contributed by atoms with Crippen LogP contribution in [0.15, 0.2) is 60.7 Å². The maximum absolute atomic E-state index is 11.6. The topological polar surface area (TPSA) is 103 Å². The molecular formula is C30H38O10. The van der Waals surface area contributed by atoms with Gasteiger partial charge in [-0.25, -0.2) is 0 Å². The van der Waals surface area contributed by atoms with E-state index in [0.29, 0.717) is 0 Å². The van der Waals surface area contributed by atoms with Gasteiger partial charge in [0.1, 0.15) is 42.7 Å². The number of aliphatic hydroxyl groups is 1. The molecule has 0 bridgehead atoms. The van der Waals surface area contributed by atoms with Crippen LogP contribution in [-0.2, 0) is 49.2 Å². The molecule has 0 radical (unpaired) electrons. The fourth-order valence-corrected chi connectivity index (χ4v) is 5.86. The van der Waals surface area contributed by atoms with Crippen molar-refractivity contribution in [2.24, 2.45) is 0 Å².